The Bertz CT molecular complexity index is 539. The van der Waals surface area contributed by atoms with E-state index < -0.39 is 11.9 Å². The number of hydrogen-bond donors (Lipinski definition) is 3. The number of nitrogens with two attached hydrogens (primary N) is 1. The number of halogens is 2. The molecule has 0 spiro atoms. The molecule has 1 saturated heterocycles. The van der Waals surface area contributed by atoms with E-state index in [0.717, 1.165) is 6.42 Å². The summed E-state index contributed by atoms with van der Waals surface area (Å²) in [6.45, 7) is 3.06. The van der Waals surface area contributed by atoms with Crippen LogP contribution in [0.15, 0.2) is 21.8 Å². The maximum Gasteiger partial charge on any atom is 0.171 e. The topological polar surface area (TPSA) is 82.1 Å². The monoisotopic (exact) mass is 345 g/mol. The third-order valence-corrected chi connectivity index (χ3v) is 4.48. The number of rotatable bonds is 2. The fourth-order valence-corrected chi connectivity index (χ4v) is 2.84. The summed E-state index contributed by atoms with van der Waals surface area (Å²) in [6, 6.07) is 3.16. The van der Waals surface area contributed by atoms with E-state index in [1.165, 1.54) is 0 Å². The van der Waals surface area contributed by atoms with E-state index >= 15 is 0 Å². The van der Waals surface area contributed by atoms with Crippen LogP contribution >= 0.6 is 15.9 Å². The standard InChI is InChI=1S/C13H17BrFN3O2/c1-7-4-5-18(6-10(7)19)9-3-2-8(13(16)17-20)11(14)12(9)15/h2-3,7,10,19-20H,4-6H2,1H3,(H2,16,17). The SMILES string of the molecule is CC1CCN(c2ccc(/C(N)=N/O)c(Br)c2F)CC1O. The lowest BCUT2D eigenvalue weighted by molar-refractivity contribution is 0.102. The lowest BCUT2D eigenvalue weighted by Gasteiger charge is -2.36. The Kier molecular flexibility index (Phi) is 4.49. The van der Waals surface area contributed by atoms with Gasteiger partial charge in [-0.1, -0.05) is 12.1 Å². The van der Waals surface area contributed by atoms with E-state index in [2.05, 4.69) is 21.1 Å². The summed E-state index contributed by atoms with van der Waals surface area (Å²) >= 11 is 3.13. The van der Waals surface area contributed by atoms with Crippen molar-refractivity contribution in [2.75, 3.05) is 18.0 Å². The van der Waals surface area contributed by atoms with Crippen LogP contribution in [0.2, 0.25) is 0 Å². The molecule has 7 heteroatoms. The molecule has 0 aliphatic carbocycles. The first-order chi connectivity index (χ1) is 9.45. The minimum Gasteiger partial charge on any atom is -0.409 e. The molecule has 2 atom stereocenters. The third kappa shape index (κ3) is 2.73. The van der Waals surface area contributed by atoms with Gasteiger partial charge in [0.15, 0.2) is 11.7 Å². The molecule has 0 saturated carbocycles. The number of hydrogen-bond acceptors (Lipinski definition) is 4. The van der Waals surface area contributed by atoms with Crippen LogP contribution in [0.1, 0.15) is 18.9 Å². The van der Waals surface area contributed by atoms with E-state index in [1.54, 1.807) is 17.0 Å². The molecule has 5 nitrogen and oxygen atoms in total. The molecule has 0 aromatic heterocycles. The van der Waals surface area contributed by atoms with E-state index in [1.807, 2.05) is 6.92 Å². The average molecular weight is 346 g/mol. The number of nitrogens with zero attached hydrogens (tertiary/aromatic N) is 2. The molecule has 4 N–H and O–H groups in total. The molecule has 1 aromatic carbocycles. The molecule has 1 fully saturated rings. The third-order valence-electron chi connectivity index (χ3n) is 3.70. The highest BCUT2D eigenvalue weighted by atomic mass is 79.9. The van der Waals surface area contributed by atoms with E-state index in [4.69, 9.17) is 10.9 Å². The summed E-state index contributed by atoms with van der Waals surface area (Å²) in [6.07, 6.45) is 0.339. The van der Waals surface area contributed by atoms with Crippen LogP contribution in [0.3, 0.4) is 0 Å². The second-order valence-electron chi connectivity index (χ2n) is 5.02. The summed E-state index contributed by atoms with van der Waals surface area (Å²) in [4.78, 5) is 1.81. The maximum absolute atomic E-state index is 14.4. The average Bonchev–Trinajstić information content (AvgIpc) is 2.44. The Morgan fingerprint density at radius 3 is 2.85 bits per heavy atom. The largest absolute Gasteiger partial charge is 0.409 e. The number of β-amino-alcohol motifs (C(OH)–C–C–N with tert-alkyl or cyclic N) is 1. The van der Waals surface area contributed by atoms with Gasteiger partial charge < -0.3 is 20.9 Å². The van der Waals surface area contributed by atoms with Crippen LogP contribution in [-0.4, -0.2) is 35.3 Å². The summed E-state index contributed by atoms with van der Waals surface area (Å²) in [7, 11) is 0. The fourth-order valence-electron chi connectivity index (χ4n) is 2.30. The van der Waals surface area contributed by atoms with Crippen LogP contribution in [-0.2, 0) is 0 Å². The van der Waals surface area contributed by atoms with Gasteiger partial charge in [-0.2, -0.15) is 0 Å². The molecule has 1 heterocycles. The highest BCUT2D eigenvalue weighted by Crippen LogP contribution is 2.32. The normalized spacial score (nSPS) is 24.0. The van der Waals surface area contributed by atoms with Gasteiger partial charge in [-0.3, -0.25) is 0 Å². The smallest absolute Gasteiger partial charge is 0.171 e. The maximum atomic E-state index is 14.4. The predicted molar refractivity (Wildman–Crippen MR) is 78.6 cm³/mol. The van der Waals surface area contributed by atoms with Crippen molar-refractivity contribution in [1.82, 2.24) is 0 Å². The Morgan fingerprint density at radius 1 is 1.55 bits per heavy atom. The molecular weight excluding hydrogens is 329 g/mol. The van der Waals surface area contributed by atoms with Crippen molar-refractivity contribution in [3.63, 3.8) is 0 Å². The van der Waals surface area contributed by atoms with Gasteiger partial charge in [-0.15, -0.1) is 0 Å². The van der Waals surface area contributed by atoms with E-state index in [9.17, 15) is 9.50 Å². The molecule has 2 rings (SSSR count). The second-order valence-corrected chi connectivity index (χ2v) is 5.82. The van der Waals surface area contributed by atoms with Gasteiger partial charge in [0.1, 0.15) is 0 Å². The van der Waals surface area contributed by atoms with Crippen molar-refractivity contribution in [2.45, 2.75) is 19.4 Å². The minimum absolute atomic E-state index is 0.151. The molecule has 0 bridgehead atoms. The number of amidine groups is 1. The molecule has 20 heavy (non-hydrogen) atoms. The predicted octanol–water partition coefficient (Wildman–Crippen LogP) is 1.89. The van der Waals surface area contributed by atoms with Gasteiger partial charge in [0.2, 0.25) is 0 Å². The zero-order valence-corrected chi connectivity index (χ0v) is 12.6. The van der Waals surface area contributed by atoms with Gasteiger partial charge in [0.25, 0.3) is 0 Å². The number of anilines is 1. The highest BCUT2D eigenvalue weighted by Gasteiger charge is 2.27. The zero-order chi connectivity index (χ0) is 14.9. The number of oxime groups is 1. The number of piperidine rings is 1. The molecule has 0 amide bonds. The first-order valence-electron chi connectivity index (χ1n) is 6.34. The summed E-state index contributed by atoms with van der Waals surface area (Å²) in [5, 5.41) is 21.4. The summed E-state index contributed by atoms with van der Waals surface area (Å²) in [5.41, 5.74) is 6.17. The highest BCUT2D eigenvalue weighted by molar-refractivity contribution is 9.10. The Hall–Kier alpha value is -1.34. The molecular formula is C13H17BrFN3O2. The number of aliphatic hydroxyl groups excluding tert-OH is 1. The summed E-state index contributed by atoms with van der Waals surface area (Å²) in [5.74, 6) is -0.417. The lowest BCUT2D eigenvalue weighted by Crippen LogP contribution is -2.43. The first-order valence-corrected chi connectivity index (χ1v) is 7.14. The Labute approximate surface area is 125 Å². The molecule has 1 aromatic rings. The van der Waals surface area contributed by atoms with Gasteiger partial charge in [-0.25, -0.2) is 4.39 Å². The fraction of sp³-hybridized carbons (Fsp3) is 0.462. The van der Waals surface area contributed by atoms with Crippen LogP contribution in [0.4, 0.5) is 10.1 Å². The minimum atomic E-state index is -0.476. The van der Waals surface area contributed by atoms with Crippen LogP contribution in [0, 0.1) is 11.7 Å². The van der Waals surface area contributed by atoms with Crippen LogP contribution < -0.4 is 10.6 Å². The van der Waals surface area contributed by atoms with Crippen molar-refractivity contribution < 1.29 is 14.7 Å². The van der Waals surface area contributed by atoms with Gasteiger partial charge >= 0.3 is 0 Å². The van der Waals surface area contributed by atoms with Crippen LogP contribution in [0.25, 0.3) is 0 Å². The van der Waals surface area contributed by atoms with Crippen molar-refractivity contribution >= 4 is 27.5 Å². The van der Waals surface area contributed by atoms with Crippen LogP contribution in [0.5, 0.6) is 0 Å². The quantitative estimate of drug-likeness (QED) is 0.331. The molecule has 110 valence electrons. The van der Waals surface area contributed by atoms with Gasteiger partial charge in [0.05, 0.1) is 16.3 Å². The van der Waals surface area contributed by atoms with Gasteiger partial charge in [-0.05, 0) is 40.4 Å². The summed E-state index contributed by atoms with van der Waals surface area (Å²) < 4.78 is 14.6. The van der Waals surface area contributed by atoms with Crippen molar-refractivity contribution in [2.24, 2.45) is 16.8 Å². The van der Waals surface area contributed by atoms with Crippen molar-refractivity contribution in [3.8, 4) is 0 Å². The number of aliphatic hydroxyl groups is 1. The molecule has 1 aliphatic rings. The molecule has 0 radical (unpaired) electrons. The second kappa shape index (κ2) is 5.97. The van der Waals surface area contributed by atoms with E-state index in [-0.39, 0.29) is 16.2 Å². The van der Waals surface area contributed by atoms with Crippen molar-refractivity contribution in [1.29, 1.82) is 0 Å². The zero-order valence-electron chi connectivity index (χ0n) is 11.1. The van der Waals surface area contributed by atoms with Crippen molar-refractivity contribution in [3.05, 3.63) is 28.0 Å². The lowest BCUT2D eigenvalue weighted by atomic mass is 9.95. The number of benzene rings is 1. The molecule has 1 aliphatic heterocycles. The Morgan fingerprint density at radius 2 is 2.25 bits per heavy atom. The first kappa shape index (κ1) is 15.1. The molecule has 2 unspecified atom stereocenters. The van der Waals surface area contributed by atoms with E-state index in [0.29, 0.717) is 24.3 Å². The van der Waals surface area contributed by atoms with Gasteiger partial charge in [0, 0.05) is 18.7 Å². The Balaban J connectivity index is 2.33.